The molecule has 8 heteroatoms. The maximum absolute atomic E-state index is 11.8. The van der Waals surface area contributed by atoms with Crippen molar-refractivity contribution in [2.75, 3.05) is 12.4 Å². The minimum Gasteiger partial charge on any atom is -0.465 e. The molecule has 1 aliphatic rings. The fourth-order valence-electron chi connectivity index (χ4n) is 3.49. The third-order valence-electron chi connectivity index (χ3n) is 5.18. The number of esters is 1. The number of carbonyl (C=O) groups is 1. The Labute approximate surface area is 195 Å². The summed E-state index contributed by atoms with van der Waals surface area (Å²) in [5, 5.41) is 12.7. The molecular formula is C25H20N4O3S. The molecule has 3 aromatic carbocycles. The number of fused-ring (bicyclic) bond motifs is 3. The highest BCUT2D eigenvalue weighted by atomic mass is 32.2. The van der Waals surface area contributed by atoms with Crippen LogP contribution in [0.2, 0.25) is 0 Å². The van der Waals surface area contributed by atoms with Crippen LogP contribution in [0.5, 0.6) is 5.88 Å². The predicted octanol–water partition coefficient (Wildman–Crippen LogP) is 5.12. The number of para-hydroxylation sites is 1. The first-order valence-electron chi connectivity index (χ1n) is 10.3. The fourth-order valence-corrected chi connectivity index (χ4v) is 4.23. The Morgan fingerprint density at radius 1 is 1.00 bits per heavy atom. The van der Waals surface area contributed by atoms with E-state index in [1.165, 1.54) is 24.4 Å². The lowest BCUT2D eigenvalue weighted by atomic mass is 10.1. The highest BCUT2D eigenvalue weighted by Crippen LogP contribution is 2.39. The number of anilines is 1. The number of carbonyl (C=O) groups excluding carboxylic acids is 1. The number of aromatic nitrogens is 3. The summed E-state index contributed by atoms with van der Waals surface area (Å²) in [5.74, 6) is 0.748. The number of benzene rings is 3. The summed E-state index contributed by atoms with van der Waals surface area (Å²) < 4.78 is 11.1. The van der Waals surface area contributed by atoms with E-state index < -0.39 is 6.23 Å². The van der Waals surface area contributed by atoms with E-state index in [9.17, 15) is 4.79 Å². The summed E-state index contributed by atoms with van der Waals surface area (Å²) in [5.41, 5.74) is 4.79. The number of nitrogens with zero attached hydrogens (tertiary/aromatic N) is 3. The topological polar surface area (TPSA) is 86.2 Å². The van der Waals surface area contributed by atoms with Gasteiger partial charge in [-0.2, -0.15) is 4.98 Å². The second kappa shape index (κ2) is 9.30. The van der Waals surface area contributed by atoms with Gasteiger partial charge in [0.05, 0.1) is 12.7 Å². The lowest BCUT2D eigenvalue weighted by molar-refractivity contribution is 0.0600. The minimum atomic E-state index is -0.525. The van der Waals surface area contributed by atoms with E-state index in [2.05, 4.69) is 32.6 Å². The van der Waals surface area contributed by atoms with Crippen LogP contribution in [0.1, 0.15) is 27.7 Å². The number of hydrogen-bond donors (Lipinski definition) is 1. The van der Waals surface area contributed by atoms with E-state index in [0.717, 1.165) is 22.6 Å². The molecule has 0 aliphatic carbocycles. The van der Waals surface area contributed by atoms with Gasteiger partial charge in [-0.1, -0.05) is 72.4 Å². The van der Waals surface area contributed by atoms with Gasteiger partial charge < -0.3 is 14.8 Å². The molecule has 7 nitrogen and oxygen atoms in total. The van der Waals surface area contributed by atoms with E-state index in [4.69, 9.17) is 9.47 Å². The SMILES string of the molecule is COC(=O)c1ccc([C@H]2Nc3ccccc3-c3nnc(SCc4ccccc4)nc3O2)cc1. The maximum atomic E-state index is 11.8. The second-order valence-electron chi connectivity index (χ2n) is 7.32. The van der Waals surface area contributed by atoms with Gasteiger partial charge in [-0.25, -0.2) is 4.79 Å². The molecule has 0 saturated heterocycles. The van der Waals surface area contributed by atoms with Crippen LogP contribution in [0.25, 0.3) is 11.3 Å². The Balaban J connectivity index is 1.47. The zero-order valence-electron chi connectivity index (χ0n) is 17.8. The standard InChI is InChI=1S/C25H20N4O3S/c1-31-24(30)18-13-11-17(12-14-18)22-26-20-10-6-5-9-19(20)21-23(32-22)27-25(29-28-21)33-15-16-7-3-2-4-8-16/h2-14,22,26H,15H2,1H3/t22-/m0/s1. The summed E-state index contributed by atoms with van der Waals surface area (Å²) in [6, 6.07) is 25.0. The molecule has 2 heterocycles. The molecule has 1 atom stereocenters. The van der Waals surface area contributed by atoms with Crippen LogP contribution < -0.4 is 10.1 Å². The summed E-state index contributed by atoms with van der Waals surface area (Å²) in [6.45, 7) is 0. The highest BCUT2D eigenvalue weighted by Gasteiger charge is 2.26. The number of hydrogen-bond acceptors (Lipinski definition) is 8. The average Bonchev–Trinajstić information content (AvgIpc) is 3.04. The molecule has 0 bridgehead atoms. The first-order valence-corrected chi connectivity index (χ1v) is 11.3. The van der Waals surface area contributed by atoms with Gasteiger partial charge >= 0.3 is 5.97 Å². The number of rotatable bonds is 5. The van der Waals surface area contributed by atoms with Crippen LogP contribution in [0, 0.1) is 0 Å². The van der Waals surface area contributed by atoms with E-state index in [0.29, 0.717) is 22.3 Å². The van der Waals surface area contributed by atoms with Crippen LogP contribution in [-0.2, 0) is 10.5 Å². The number of nitrogens with one attached hydrogen (secondary N) is 1. The third-order valence-corrected chi connectivity index (χ3v) is 6.09. The van der Waals surface area contributed by atoms with Gasteiger partial charge in [-0.3, -0.25) is 0 Å². The summed E-state index contributed by atoms with van der Waals surface area (Å²) in [4.78, 5) is 16.5. The average molecular weight is 457 g/mol. The summed E-state index contributed by atoms with van der Waals surface area (Å²) in [7, 11) is 1.36. The molecule has 4 aromatic rings. The molecule has 0 unspecified atom stereocenters. The molecule has 1 aliphatic heterocycles. The molecule has 5 rings (SSSR count). The van der Waals surface area contributed by atoms with Gasteiger partial charge in [-0.15, -0.1) is 10.2 Å². The van der Waals surface area contributed by atoms with Crippen molar-refractivity contribution in [2.45, 2.75) is 17.1 Å². The van der Waals surface area contributed by atoms with Crippen molar-refractivity contribution >= 4 is 23.4 Å². The molecule has 0 spiro atoms. The molecule has 1 aromatic heterocycles. The van der Waals surface area contributed by atoms with E-state index in [1.807, 2.05) is 54.6 Å². The van der Waals surface area contributed by atoms with Crippen LogP contribution in [-0.4, -0.2) is 28.3 Å². The highest BCUT2D eigenvalue weighted by molar-refractivity contribution is 7.98. The molecule has 0 radical (unpaired) electrons. The lowest BCUT2D eigenvalue weighted by Crippen LogP contribution is -2.17. The zero-order valence-corrected chi connectivity index (χ0v) is 18.6. The molecule has 0 fully saturated rings. The van der Waals surface area contributed by atoms with Crippen molar-refractivity contribution in [2.24, 2.45) is 0 Å². The van der Waals surface area contributed by atoms with E-state index >= 15 is 0 Å². The molecule has 1 N–H and O–H groups in total. The first kappa shape index (κ1) is 21.0. The van der Waals surface area contributed by atoms with Crippen molar-refractivity contribution in [3.05, 3.63) is 95.6 Å². The number of ether oxygens (including phenoxy) is 2. The minimum absolute atomic E-state index is 0.385. The number of thioether (sulfide) groups is 1. The van der Waals surface area contributed by atoms with Gasteiger partial charge in [0, 0.05) is 22.6 Å². The van der Waals surface area contributed by atoms with Crippen LogP contribution >= 0.6 is 11.8 Å². The van der Waals surface area contributed by atoms with Crippen molar-refractivity contribution in [3.8, 4) is 17.1 Å². The van der Waals surface area contributed by atoms with Gasteiger partial charge in [-0.05, 0) is 23.8 Å². The van der Waals surface area contributed by atoms with Crippen molar-refractivity contribution in [1.82, 2.24) is 15.2 Å². The Morgan fingerprint density at radius 3 is 2.55 bits per heavy atom. The smallest absolute Gasteiger partial charge is 0.337 e. The molecule has 164 valence electrons. The van der Waals surface area contributed by atoms with Gasteiger partial charge in [0.15, 0.2) is 11.9 Å². The monoisotopic (exact) mass is 456 g/mol. The van der Waals surface area contributed by atoms with Crippen LogP contribution in [0.3, 0.4) is 0 Å². The fraction of sp³-hybridized carbons (Fsp3) is 0.120. The quantitative estimate of drug-likeness (QED) is 0.327. The molecule has 0 amide bonds. The Bertz CT molecular complexity index is 1280. The predicted molar refractivity (Wildman–Crippen MR) is 126 cm³/mol. The maximum Gasteiger partial charge on any atom is 0.337 e. The van der Waals surface area contributed by atoms with Crippen LogP contribution in [0.15, 0.2) is 84.0 Å². The molecular weight excluding hydrogens is 436 g/mol. The van der Waals surface area contributed by atoms with Gasteiger partial charge in [0.25, 0.3) is 0 Å². The third kappa shape index (κ3) is 4.51. The van der Waals surface area contributed by atoms with Crippen molar-refractivity contribution < 1.29 is 14.3 Å². The van der Waals surface area contributed by atoms with E-state index in [1.54, 1.807) is 12.1 Å². The summed E-state index contributed by atoms with van der Waals surface area (Å²) >= 11 is 1.50. The van der Waals surface area contributed by atoms with Crippen molar-refractivity contribution in [3.63, 3.8) is 0 Å². The molecule has 33 heavy (non-hydrogen) atoms. The first-order chi connectivity index (χ1) is 16.2. The van der Waals surface area contributed by atoms with Crippen LogP contribution in [0.4, 0.5) is 5.69 Å². The van der Waals surface area contributed by atoms with Crippen molar-refractivity contribution in [1.29, 1.82) is 0 Å². The number of methoxy groups -OCH3 is 1. The van der Waals surface area contributed by atoms with Gasteiger partial charge in [0.1, 0.15) is 0 Å². The van der Waals surface area contributed by atoms with Gasteiger partial charge in [0.2, 0.25) is 11.0 Å². The Morgan fingerprint density at radius 2 is 1.76 bits per heavy atom. The summed E-state index contributed by atoms with van der Waals surface area (Å²) in [6.07, 6.45) is -0.525. The lowest BCUT2D eigenvalue weighted by Gasteiger charge is -2.19. The largest absolute Gasteiger partial charge is 0.465 e. The van der Waals surface area contributed by atoms with E-state index in [-0.39, 0.29) is 5.97 Å². The zero-order chi connectivity index (χ0) is 22.6. The second-order valence-corrected chi connectivity index (χ2v) is 8.27. The Hall–Kier alpha value is -3.91. The Kier molecular flexibility index (Phi) is 5.91. The normalized spacial score (nSPS) is 14.2. The molecule has 0 saturated carbocycles.